The number of para-hydroxylation sites is 2. The predicted octanol–water partition coefficient (Wildman–Crippen LogP) is 2.77. The van der Waals surface area contributed by atoms with Crippen molar-refractivity contribution in [2.45, 2.75) is 6.92 Å². The molecular formula is C18H20N2O3S. The molecule has 2 aromatic carbocycles. The number of carbonyl (C=O) groups excluding carboxylic acids is 1. The molecule has 2 rings (SSSR count). The summed E-state index contributed by atoms with van der Waals surface area (Å²) in [6.07, 6.45) is 0. The zero-order valence-electron chi connectivity index (χ0n) is 13.5. The summed E-state index contributed by atoms with van der Waals surface area (Å²) in [6, 6.07) is 16.5. The molecule has 0 bridgehead atoms. The van der Waals surface area contributed by atoms with Gasteiger partial charge in [-0.05, 0) is 43.4 Å². The Labute approximate surface area is 147 Å². The van der Waals surface area contributed by atoms with E-state index in [2.05, 4.69) is 10.6 Å². The first kappa shape index (κ1) is 17.7. The van der Waals surface area contributed by atoms with Crippen molar-refractivity contribution in [1.29, 1.82) is 0 Å². The van der Waals surface area contributed by atoms with Gasteiger partial charge in [-0.15, -0.1) is 0 Å². The molecule has 0 aliphatic carbocycles. The van der Waals surface area contributed by atoms with Crippen LogP contribution in [-0.4, -0.2) is 30.8 Å². The van der Waals surface area contributed by atoms with Crippen LogP contribution in [0.3, 0.4) is 0 Å². The van der Waals surface area contributed by atoms with Crippen LogP contribution in [0.5, 0.6) is 11.5 Å². The number of carbonyl (C=O) groups is 1. The number of benzene rings is 2. The van der Waals surface area contributed by atoms with Gasteiger partial charge in [0.1, 0.15) is 24.7 Å². The van der Waals surface area contributed by atoms with E-state index in [1.165, 1.54) is 0 Å². The number of thiocarbonyl (C=S) groups is 1. The van der Waals surface area contributed by atoms with Crippen LogP contribution in [0.25, 0.3) is 0 Å². The van der Waals surface area contributed by atoms with Gasteiger partial charge in [0.05, 0.1) is 5.56 Å². The highest BCUT2D eigenvalue weighted by Gasteiger charge is 2.13. The highest BCUT2D eigenvalue weighted by molar-refractivity contribution is 7.80. The number of hydrogen-bond acceptors (Lipinski definition) is 4. The molecule has 0 unspecified atom stereocenters. The minimum absolute atomic E-state index is 0.296. The highest BCUT2D eigenvalue weighted by Crippen LogP contribution is 2.18. The molecule has 2 N–H and O–H groups in total. The Hall–Kier alpha value is -2.60. The Bertz CT molecular complexity index is 677. The standard InChI is InChI=1S/C18H20N2O3S/c1-2-19-18(24)20-17(21)15-10-6-7-11-16(15)23-13-12-22-14-8-4-3-5-9-14/h3-11H,2,12-13H2,1H3,(H2,19,20,21,24). The maximum atomic E-state index is 12.3. The molecule has 0 radical (unpaired) electrons. The van der Waals surface area contributed by atoms with Crippen molar-refractivity contribution in [3.63, 3.8) is 0 Å². The Balaban J connectivity index is 1.88. The van der Waals surface area contributed by atoms with E-state index in [9.17, 15) is 4.79 Å². The average Bonchev–Trinajstić information content (AvgIpc) is 2.60. The van der Waals surface area contributed by atoms with E-state index in [1.807, 2.05) is 43.3 Å². The molecule has 24 heavy (non-hydrogen) atoms. The van der Waals surface area contributed by atoms with Crippen molar-refractivity contribution in [1.82, 2.24) is 10.6 Å². The van der Waals surface area contributed by atoms with Crippen LogP contribution in [0.2, 0.25) is 0 Å². The van der Waals surface area contributed by atoms with Crippen LogP contribution in [0, 0.1) is 0 Å². The molecule has 0 aliphatic heterocycles. The van der Waals surface area contributed by atoms with Crippen molar-refractivity contribution >= 4 is 23.2 Å². The summed E-state index contributed by atoms with van der Waals surface area (Å²) in [4.78, 5) is 12.3. The third-order valence-corrected chi connectivity index (χ3v) is 3.30. The first-order valence-electron chi connectivity index (χ1n) is 7.69. The monoisotopic (exact) mass is 344 g/mol. The van der Waals surface area contributed by atoms with Crippen molar-refractivity contribution in [2.24, 2.45) is 0 Å². The topological polar surface area (TPSA) is 59.6 Å². The third-order valence-electron chi connectivity index (χ3n) is 3.05. The maximum Gasteiger partial charge on any atom is 0.261 e. The van der Waals surface area contributed by atoms with Crippen molar-refractivity contribution in [3.8, 4) is 11.5 Å². The van der Waals surface area contributed by atoms with E-state index >= 15 is 0 Å². The first-order valence-corrected chi connectivity index (χ1v) is 8.10. The van der Waals surface area contributed by atoms with Gasteiger partial charge in [-0.1, -0.05) is 30.3 Å². The highest BCUT2D eigenvalue weighted by atomic mass is 32.1. The largest absolute Gasteiger partial charge is 0.490 e. The summed E-state index contributed by atoms with van der Waals surface area (Å²) in [6.45, 7) is 3.27. The third kappa shape index (κ3) is 5.55. The summed E-state index contributed by atoms with van der Waals surface area (Å²) in [5, 5.41) is 5.79. The summed E-state index contributed by atoms with van der Waals surface area (Å²) in [7, 11) is 0. The summed E-state index contributed by atoms with van der Waals surface area (Å²) in [5.41, 5.74) is 0.428. The van der Waals surface area contributed by atoms with Gasteiger partial charge in [-0.3, -0.25) is 10.1 Å². The van der Waals surface area contributed by atoms with E-state index in [-0.39, 0.29) is 5.91 Å². The quantitative estimate of drug-likeness (QED) is 0.597. The van der Waals surface area contributed by atoms with Crippen LogP contribution < -0.4 is 20.1 Å². The minimum atomic E-state index is -0.305. The number of ether oxygens (including phenoxy) is 2. The van der Waals surface area contributed by atoms with Gasteiger partial charge in [0.2, 0.25) is 0 Å². The Morgan fingerprint density at radius 1 is 1.00 bits per heavy atom. The molecule has 126 valence electrons. The van der Waals surface area contributed by atoms with Gasteiger partial charge in [0.25, 0.3) is 5.91 Å². The molecule has 0 aromatic heterocycles. The molecule has 0 spiro atoms. The van der Waals surface area contributed by atoms with Gasteiger partial charge in [-0.2, -0.15) is 0 Å². The number of hydrogen-bond donors (Lipinski definition) is 2. The number of rotatable bonds is 7. The van der Waals surface area contributed by atoms with Gasteiger partial charge in [-0.25, -0.2) is 0 Å². The minimum Gasteiger partial charge on any atom is -0.490 e. The van der Waals surface area contributed by atoms with Gasteiger partial charge >= 0.3 is 0 Å². The average molecular weight is 344 g/mol. The molecule has 0 aliphatic rings. The zero-order chi connectivity index (χ0) is 17.2. The second-order valence-electron chi connectivity index (χ2n) is 4.82. The molecule has 0 fully saturated rings. The van der Waals surface area contributed by atoms with E-state index < -0.39 is 0 Å². The van der Waals surface area contributed by atoms with Gasteiger partial charge in [0.15, 0.2) is 5.11 Å². The second-order valence-corrected chi connectivity index (χ2v) is 5.23. The Morgan fingerprint density at radius 3 is 2.42 bits per heavy atom. The molecular weight excluding hydrogens is 324 g/mol. The predicted molar refractivity (Wildman–Crippen MR) is 97.6 cm³/mol. The molecule has 6 heteroatoms. The molecule has 1 amide bonds. The van der Waals surface area contributed by atoms with E-state index in [1.54, 1.807) is 18.2 Å². The SMILES string of the molecule is CCNC(=S)NC(=O)c1ccccc1OCCOc1ccccc1. The van der Waals surface area contributed by atoms with E-state index in [0.29, 0.717) is 36.2 Å². The lowest BCUT2D eigenvalue weighted by Gasteiger charge is -2.13. The molecule has 0 saturated heterocycles. The second kappa shape index (κ2) is 9.52. The summed E-state index contributed by atoms with van der Waals surface area (Å²) in [5.74, 6) is 0.967. The zero-order valence-corrected chi connectivity index (χ0v) is 14.3. The van der Waals surface area contributed by atoms with Crippen LogP contribution >= 0.6 is 12.2 Å². The fourth-order valence-electron chi connectivity index (χ4n) is 1.98. The fraction of sp³-hybridized carbons (Fsp3) is 0.222. The van der Waals surface area contributed by atoms with Crippen LogP contribution in [-0.2, 0) is 0 Å². The molecule has 5 nitrogen and oxygen atoms in total. The fourth-order valence-corrected chi connectivity index (χ4v) is 2.22. The maximum absolute atomic E-state index is 12.3. The molecule has 0 atom stereocenters. The normalized spacial score (nSPS) is 9.88. The van der Waals surface area contributed by atoms with Gasteiger partial charge in [0, 0.05) is 6.54 Å². The number of nitrogens with one attached hydrogen (secondary N) is 2. The van der Waals surface area contributed by atoms with E-state index in [0.717, 1.165) is 5.75 Å². The number of amides is 1. The smallest absolute Gasteiger partial charge is 0.261 e. The lowest BCUT2D eigenvalue weighted by molar-refractivity contribution is 0.0971. The van der Waals surface area contributed by atoms with Gasteiger partial charge < -0.3 is 14.8 Å². The van der Waals surface area contributed by atoms with Crippen LogP contribution in [0.4, 0.5) is 0 Å². The molecule has 2 aromatic rings. The summed E-state index contributed by atoms with van der Waals surface area (Å²) < 4.78 is 11.2. The van der Waals surface area contributed by atoms with Crippen molar-refractivity contribution in [3.05, 3.63) is 60.2 Å². The van der Waals surface area contributed by atoms with Crippen molar-refractivity contribution < 1.29 is 14.3 Å². The van der Waals surface area contributed by atoms with Crippen LogP contribution in [0.15, 0.2) is 54.6 Å². The van der Waals surface area contributed by atoms with Crippen molar-refractivity contribution in [2.75, 3.05) is 19.8 Å². The lowest BCUT2D eigenvalue weighted by atomic mass is 10.2. The van der Waals surface area contributed by atoms with E-state index in [4.69, 9.17) is 21.7 Å². The summed E-state index contributed by atoms with van der Waals surface area (Å²) >= 11 is 5.03. The first-order chi connectivity index (χ1) is 11.7. The Kier molecular flexibility index (Phi) is 7.04. The lowest BCUT2D eigenvalue weighted by Crippen LogP contribution is -2.39. The molecule has 0 saturated carbocycles. The Morgan fingerprint density at radius 2 is 1.67 bits per heavy atom. The van der Waals surface area contributed by atoms with Crippen LogP contribution in [0.1, 0.15) is 17.3 Å². The molecule has 0 heterocycles.